The summed E-state index contributed by atoms with van der Waals surface area (Å²) in [6.45, 7) is 13.0. The van der Waals surface area contributed by atoms with Crippen LogP contribution in [0.15, 0.2) is 0 Å². The monoisotopic (exact) mass is 255 g/mol. The van der Waals surface area contributed by atoms with Crippen LogP contribution in [0.5, 0.6) is 0 Å². The van der Waals surface area contributed by atoms with Gasteiger partial charge in [0.05, 0.1) is 0 Å². The summed E-state index contributed by atoms with van der Waals surface area (Å²) < 4.78 is 0. The van der Waals surface area contributed by atoms with Crippen molar-refractivity contribution < 1.29 is 0 Å². The molecular formula is C15H33N3. The molecular weight excluding hydrogens is 222 g/mol. The van der Waals surface area contributed by atoms with E-state index in [2.05, 4.69) is 50.0 Å². The van der Waals surface area contributed by atoms with Gasteiger partial charge in [-0.2, -0.15) is 0 Å². The number of likely N-dealkylation sites (tertiary alicyclic amines) is 1. The van der Waals surface area contributed by atoms with Gasteiger partial charge >= 0.3 is 0 Å². The van der Waals surface area contributed by atoms with Crippen molar-refractivity contribution in [1.82, 2.24) is 15.1 Å². The molecule has 0 aromatic heterocycles. The van der Waals surface area contributed by atoms with Gasteiger partial charge in [0.25, 0.3) is 0 Å². The molecule has 1 unspecified atom stereocenters. The zero-order valence-corrected chi connectivity index (χ0v) is 13.1. The fraction of sp³-hybridized carbons (Fsp3) is 1.00. The molecule has 0 radical (unpaired) electrons. The van der Waals surface area contributed by atoms with Gasteiger partial charge in [0.1, 0.15) is 0 Å². The minimum absolute atomic E-state index is 0.653. The molecule has 3 heteroatoms. The van der Waals surface area contributed by atoms with E-state index in [0.717, 1.165) is 18.4 Å². The Morgan fingerprint density at radius 2 is 1.83 bits per heavy atom. The molecule has 1 atom stereocenters. The van der Waals surface area contributed by atoms with Crippen LogP contribution in [0.4, 0.5) is 0 Å². The lowest BCUT2D eigenvalue weighted by Gasteiger charge is -2.36. The normalized spacial score (nSPS) is 20.8. The largest absolute Gasteiger partial charge is 0.313 e. The van der Waals surface area contributed by atoms with Crippen molar-refractivity contribution in [2.45, 2.75) is 39.7 Å². The van der Waals surface area contributed by atoms with Gasteiger partial charge in [0.15, 0.2) is 0 Å². The van der Waals surface area contributed by atoms with Gasteiger partial charge in [-0.15, -0.1) is 0 Å². The Labute approximate surface area is 114 Å². The van der Waals surface area contributed by atoms with Crippen molar-refractivity contribution in [3.63, 3.8) is 0 Å². The highest BCUT2D eigenvalue weighted by atomic mass is 15.2. The fourth-order valence-electron chi connectivity index (χ4n) is 2.92. The van der Waals surface area contributed by atoms with E-state index in [-0.39, 0.29) is 0 Å². The van der Waals surface area contributed by atoms with Crippen LogP contribution >= 0.6 is 0 Å². The number of piperidine rings is 1. The maximum atomic E-state index is 3.62. The van der Waals surface area contributed by atoms with Crippen LogP contribution in [0, 0.1) is 11.8 Å². The van der Waals surface area contributed by atoms with Crippen molar-refractivity contribution in [1.29, 1.82) is 0 Å². The van der Waals surface area contributed by atoms with E-state index in [4.69, 9.17) is 0 Å². The Morgan fingerprint density at radius 3 is 2.28 bits per heavy atom. The summed E-state index contributed by atoms with van der Waals surface area (Å²) in [5, 5.41) is 3.62. The molecule has 1 N–H and O–H groups in total. The van der Waals surface area contributed by atoms with Crippen molar-refractivity contribution in [2.75, 3.05) is 46.8 Å². The van der Waals surface area contributed by atoms with E-state index in [1.54, 1.807) is 0 Å². The highest BCUT2D eigenvalue weighted by Gasteiger charge is 2.22. The Hall–Kier alpha value is -0.120. The average molecular weight is 255 g/mol. The molecule has 1 rings (SSSR count). The highest BCUT2D eigenvalue weighted by Crippen LogP contribution is 2.18. The van der Waals surface area contributed by atoms with Crippen LogP contribution in [0.2, 0.25) is 0 Å². The summed E-state index contributed by atoms with van der Waals surface area (Å²) in [6.07, 6.45) is 2.74. The number of hydrogen-bond donors (Lipinski definition) is 1. The predicted octanol–water partition coefficient (Wildman–Crippen LogP) is 1.89. The molecule has 108 valence electrons. The van der Waals surface area contributed by atoms with Gasteiger partial charge in [-0.25, -0.2) is 0 Å². The first kappa shape index (κ1) is 15.9. The molecule has 0 saturated carbocycles. The number of likely N-dealkylation sites (N-methyl/N-ethyl adjacent to an activating group) is 1. The fourth-order valence-corrected chi connectivity index (χ4v) is 2.92. The second-order valence-corrected chi connectivity index (χ2v) is 6.41. The minimum atomic E-state index is 0.653. The van der Waals surface area contributed by atoms with E-state index < -0.39 is 0 Å². The predicted molar refractivity (Wildman–Crippen MR) is 80.0 cm³/mol. The van der Waals surface area contributed by atoms with Gasteiger partial charge in [0.2, 0.25) is 0 Å². The summed E-state index contributed by atoms with van der Waals surface area (Å²) in [5.41, 5.74) is 0. The average Bonchev–Trinajstić information content (AvgIpc) is 2.30. The first-order valence-electron chi connectivity index (χ1n) is 7.63. The van der Waals surface area contributed by atoms with E-state index in [0.29, 0.717) is 6.04 Å². The van der Waals surface area contributed by atoms with Crippen LogP contribution < -0.4 is 5.32 Å². The highest BCUT2D eigenvalue weighted by molar-refractivity contribution is 4.79. The number of rotatable bonds is 7. The Kier molecular flexibility index (Phi) is 7.20. The third-order valence-electron chi connectivity index (χ3n) is 4.06. The maximum absolute atomic E-state index is 3.62. The molecule has 1 saturated heterocycles. The summed E-state index contributed by atoms with van der Waals surface area (Å²) >= 11 is 0. The van der Waals surface area contributed by atoms with Crippen molar-refractivity contribution >= 4 is 0 Å². The Bertz CT molecular complexity index is 208. The van der Waals surface area contributed by atoms with Gasteiger partial charge in [-0.05, 0) is 58.4 Å². The lowest BCUT2D eigenvalue weighted by molar-refractivity contribution is 0.142. The van der Waals surface area contributed by atoms with Gasteiger partial charge in [-0.1, -0.05) is 20.8 Å². The van der Waals surface area contributed by atoms with Crippen LogP contribution in [0.1, 0.15) is 33.6 Å². The third-order valence-corrected chi connectivity index (χ3v) is 4.06. The number of hydrogen-bond acceptors (Lipinski definition) is 3. The maximum Gasteiger partial charge on any atom is 0.0217 e. The molecule has 0 bridgehead atoms. The van der Waals surface area contributed by atoms with Crippen LogP contribution in [-0.4, -0.2) is 62.7 Å². The molecule has 0 amide bonds. The number of nitrogens with zero attached hydrogens (tertiary/aromatic N) is 2. The molecule has 1 heterocycles. The lowest BCUT2D eigenvalue weighted by Crippen LogP contribution is -2.47. The van der Waals surface area contributed by atoms with E-state index in [1.165, 1.54) is 39.0 Å². The lowest BCUT2D eigenvalue weighted by atomic mass is 9.95. The molecule has 0 aromatic carbocycles. The van der Waals surface area contributed by atoms with Crippen molar-refractivity contribution in [2.24, 2.45) is 11.8 Å². The van der Waals surface area contributed by atoms with Gasteiger partial charge in [-0.3, -0.25) is 0 Å². The zero-order valence-electron chi connectivity index (χ0n) is 13.1. The molecule has 3 nitrogen and oxygen atoms in total. The van der Waals surface area contributed by atoms with Crippen LogP contribution in [-0.2, 0) is 0 Å². The van der Waals surface area contributed by atoms with Crippen molar-refractivity contribution in [3.05, 3.63) is 0 Å². The molecule has 1 aliphatic rings. The summed E-state index contributed by atoms with van der Waals surface area (Å²) in [6, 6.07) is 0.653. The summed E-state index contributed by atoms with van der Waals surface area (Å²) in [7, 11) is 4.37. The van der Waals surface area contributed by atoms with Gasteiger partial charge in [0, 0.05) is 19.1 Å². The number of nitrogens with one attached hydrogen (secondary N) is 1. The SMILES string of the molecule is CCNC(CN1CCC(CN(C)C)CC1)C(C)C. The van der Waals surface area contributed by atoms with Crippen LogP contribution in [0.3, 0.4) is 0 Å². The zero-order chi connectivity index (χ0) is 13.5. The van der Waals surface area contributed by atoms with Crippen LogP contribution in [0.25, 0.3) is 0 Å². The Morgan fingerprint density at radius 1 is 1.22 bits per heavy atom. The minimum Gasteiger partial charge on any atom is -0.313 e. The van der Waals surface area contributed by atoms with Gasteiger partial charge < -0.3 is 15.1 Å². The summed E-state index contributed by atoms with van der Waals surface area (Å²) in [5.74, 6) is 1.64. The summed E-state index contributed by atoms with van der Waals surface area (Å²) in [4.78, 5) is 4.98. The van der Waals surface area contributed by atoms with E-state index in [9.17, 15) is 0 Å². The molecule has 0 aromatic rings. The molecule has 1 fully saturated rings. The molecule has 18 heavy (non-hydrogen) atoms. The quantitative estimate of drug-likeness (QED) is 0.749. The smallest absolute Gasteiger partial charge is 0.0217 e. The Balaban J connectivity index is 2.29. The van der Waals surface area contributed by atoms with Crippen molar-refractivity contribution in [3.8, 4) is 0 Å². The molecule has 1 aliphatic heterocycles. The standard InChI is InChI=1S/C15H33N3/c1-6-16-15(13(2)3)12-18-9-7-14(8-10-18)11-17(4)5/h13-16H,6-12H2,1-5H3. The first-order chi connectivity index (χ1) is 8.52. The van der Waals surface area contributed by atoms with E-state index in [1.807, 2.05) is 0 Å². The second kappa shape index (κ2) is 8.13. The molecule has 0 spiro atoms. The first-order valence-corrected chi connectivity index (χ1v) is 7.63. The second-order valence-electron chi connectivity index (χ2n) is 6.41. The van der Waals surface area contributed by atoms with E-state index >= 15 is 0 Å². The topological polar surface area (TPSA) is 18.5 Å². The molecule has 0 aliphatic carbocycles. The third kappa shape index (κ3) is 5.68.